The standard InChI is InChI=1S/C28H34N4O4S/c1-20-12-17-25(28(34)32(20)19-26(33)30-18-21-13-15-24(29)16-14-21)31-37(35,36)27(22-8-4-2-5-9-22)23-10-6-3-7-11-23/h2-12,17,21,24,27,31H,13-16,18-19,29H2,1H3,(H,30,33). The molecule has 0 radical (unpaired) electrons. The van der Waals surface area contributed by atoms with Gasteiger partial charge >= 0.3 is 0 Å². The number of aromatic nitrogens is 1. The Balaban J connectivity index is 1.53. The van der Waals surface area contributed by atoms with Crippen LogP contribution in [-0.4, -0.2) is 31.5 Å². The molecule has 4 N–H and O–H groups in total. The Labute approximate surface area is 218 Å². The average Bonchev–Trinajstić information content (AvgIpc) is 2.89. The van der Waals surface area contributed by atoms with Crippen LogP contribution >= 0.6 is 0 Å². The summed E-state index contributed by atoms with van der Waals surface area (Å²) in [6.07, 6.45) is 3.85. The molecular formula is C28H34N4O4S. The van der Waals surface area contributed by atoms with Gasteiger partial charge < -0.3 is 15.6 Å². The van der Waals surface area contributed by atoms with Gasteiger partial charge in [-0.3, -0.25) is 14.3 Å². The van der Waals surface area contributed by atoms with E-state index in [1.165, 1.54) is 10.6 Å². The normalized spacial score (nSPS) is 17.9. The highest BCUT2D eigenvalue weighted by atomic mass is 32.2. The first-order valence-corrected chi connectivity index (χ1v) is 14.1. The van der Waals surface area contributed by atoms with Gasteiger partial charge in [-0.05, 0) is 61.8 Å². The van der Waals surface area contributed by atoms with Gasteiger partial charge in [0.1, 0.15) is 17.5 Å². The molecule has 1 amide bonds. The first kappa shape index (κ1) is 26.6. The van der Waals surface area contributed by atoms with Crippen molar-refractivity contribution in [3.63, 3.8) is 0 Å². The number of carbonyl (C=O) groups is 1. The molecule has 196 valence electrons. The minimum absolute atomic E-state index is 0.100. The van der Waals surface area contributed by atoms with Crippen molar-refractivity contribution in [2.75, 3.05) is 11.3 Å². The highest BCUT2D eigenvalue weighted by Gasteiger charge is 2.30. The van der Waals surface area contributed by atoms with Crippen LogP contribution in [0.3, 0.4) is 0 Å². The zero-order valence-electron chi connectivity index (χ0n) is 21.0. The summed E-state index contributed by atoms with van der Waals surface area (Å²) >= 11 is 0. The number of rotatable bonds is 9. The topological polar surface area (TPSA) is 123 Å². The zero-order chi connectivity index (χ0) is 26.4. The van der Waals surface area contributed by atoms with Gasteiger partial charge in [-0.2, -0.15) is 0 Å². The molecule has 0 saturated heterocycles. The molecule has 1 aromatic heterocycles. The third kappa shape index (κ3) is 6.67. The predicted octanol–water partition coefficient (Wildman–Crippen LogP) is 3.32. The van der Waals surface area contributed by atoms with Gasteiger partial charge in [-0.25, -0.2) is 8.42 Å². The van der Waals surface area contributed by atoms with Crippen LogP contribution in [0.2, 0.25) is 0 Å². The van der Waals surface area contributed by atoms with E-state index in [4.69, 9.17) is 5.73 Å². The molecule has 1 aliphatic rings. The first-order valence-electron chi connectivity index (χ1n) is 12.6. The van der Waals surface area contributed by atoms with Gasteiger partial charge in [-0.1, -0.05) is 60.7 Å². The Bertz CT molecular complexity index is 1330. The summed E-state index contributed by atoms with van der Waals surface area (Å²) in [5, 5.41) is 1.90. The van der Waals surface area contributed by atoms with E-state index in [2.05, 4.69) is 10.0 Å². The number of carbonyl (C=O) groups excluding carboxylic acids is 1. The number of nitrogens with two attached hydrogens (primary N) is 1. The van der Waals surface area contributed by atoms with Crippen LogP contribution < -0.4 is 21.3 Å². The monoisotopic (exact) mass is 522 g/mol. The predicted molar refractivity (Wildman–Crippen MR) is 146 cm³/mol. The SMILES string of the molecule is Cc1ccc(NS(=O)(=O)C(c2ccccc2)c2ccccc2)c(=O)n1CC(=O)NCC1CCC(N)CC1. The maximum atomic E-state index is 13.6. The van der Waals surface area contributed by atoms with E-state index in [1.54, 1.807) is 61.5 Å². The lowest BCUT2D eigenvalue weighted by Gasteiger charge is -2.26. The number of hydrogen-bond donors (Lipinski definition) is 3. The quantitative estimate of drug-likeness (QED) is 0.398. The minimum atomic E-state index is -4.07. The largest absolute Gasteiger partial charge is 0.354 e. The summed E-state index contributed by atoms with van der Waals surface area (Å²) in [7, 11) is -4.07. The van der Waals surface area contributed by atoms with Crippen molar-refractivity contribution in [1.29, 1.82) is 0 Å². The number of nitrogens with zero attached hydrogens (tertiary/aromatic N) is 1. The molecule has 1 fully saturated rings. The Hall–Kier alpha value is -3.43. The molecule has 1 saturated carbocycles. The average molecular weight is 523 g/mol. The van der Waals surface area contributed by atoms with Crippen molar-refractivity contribution in [3.8, 4) is 0 Å². The molecule has 3 aromatic rings. The second-order valence-corrected chi connectivity index (χ2v) is 11.5. The molecule has 0 unspecified atom stereocenters. The maximum Gasteiger partial charge on any atom is 0.275 e. The Kier molecular flexibility index (Phi) is 8.45. The van der Waals surface area contributed by atoms with E-state index < -0.39 is 20.8 Å². The van der Waals surface area contributed by atoms with Crippen molar-refractivity contribution < 1.29 is 13.2 Å². The second-order valence-electron chi connectivity index (χ2n) is 9.71. The highest BCUT2D eigenvalue weighted by Crippen LogP contribution is 2.31. The first-order chi connectivity index (χ1) is 17.7. The van der Waals surface area contributed by atoms with Crippen LogP contribution in [0.1, 0.15) is 47.8 Å². The van der Waals surface area contributed by atoms with E-state index in [1.807, 2.05) is 12.1 Å². The fourth-order valence-electron chi connectivity index (χ4n) is 4.81. The molecule has 0 spiro atoms. The van der Waals surface area contributed by atoms with E-state index in [9.17, 15) is 18.0 Å². The third-order valence-corrected chi connectivity index (χ3v) is 8.61. The number of amides is 1. The lowest BCUT2D eigenvalue weighted by molar-refractivity contribution is -0.122. The second kappa shape index (κ2) is 11.7. The Morgan fingerprint density at radius 3 is 2.08 bits per heavy atom. The summed E-state index contributed by atoms with van der Waals surface area (Å²) < 4.78 is 31.1. The lowest BCUT2D eigenvalue weighted by atomic mass is 9.86. The van der Waals surface area contributed by atoms with Crippen LogP contribution in [-0.2, 0) is 21.4 Å². The van der Waals surface area contributed by atoms with Crippen LogP contribution in [0.15, 0.2) is 77.6 Å². The van der Waals surface area contributed by atoms with E-state index in [0.29, 0.717) is 29.3 Å². The van der Waals surface area contributed by atoms with Crippen LogP contribution in [0, 0.1) is 12.8 Å². The molecule has 0 bridgehead atoms. The van der Waals surface area contributed by atoms with Crippen LogP contribution in [0.25, 0.3) is 0 Å². The molecule has 0 aliphatic heterocycles. The summed E-state index contributed by atoms with van der Waals surface area (Å²) in [6.45, 7) is 2.07. The summed E-state index contributed by atoms with van der Waals surface area (Å²) in [4.78, 5) is 25.9. The Morgan fingerprint density at radius 2 is 1.51 bits per heavy atom. The number of aryl methyl sites for hydroxylation is 1. The molecule has 0 atom stereocenters. The van der Waals surface area contributed by atoms with Gasteiger partial charge in [0.25, 0.3) is 5.56 Å². The fourth-order valence-corrected chi connectivity index (χ4v) is 6.42. The Morgan fingerprint density at radius 1 is 0.946 bits per heavy atom. The van der Waals surface area contributed by atoms with Gasteiger partial charge in [0.2, 0.25) is 15.9 Å². The number of nitrogens with one attached hydrogen (secondary N) is 2. The lowest BCUT2D eigenvalue weighted by Crippen LogP contribution is -2.38. The summed E-state index contributed by atoms with van der Waals surface area (Å²) in [5.74, 6) is 0.0964. The van der Waals surface area contributed by atoms with Gasteiger partial charge in [-0.15, -0.1) is 0 Å². The van der Waals surface area contributed by atoms with Crippen molar-refractivity contribution in [2.45, 2.75) is 50.4 Å². The molecule has 1 heterocycles. The molecule has 2 aromatic carbocycles. The van der Waals surface area contributed by atoms with E-state index in [-0.39, 0.29) is 24.2 Å². The number of benzene rings is 2. The van der Waals surface area contributed by atoms with Crippen LogP contribution in [0.5, 0.6) is 0 Å². The number of hydrogen-bond acceptors (Lipinski definition) is 5. The molecule has 4 rings (SSSR count). The third-order valence-electron chi connectivity index (χ3n) is 6.94. The smallest absolute Gasteiger partial charge is 0.275 e. The van der Waals surface area contributed by atoms with Gasteiger partial charge in [0, 0.05) is 18.3 Å². The molecule has 37 heavy (non-hydrogen) atoms. The van der Waals surface area contributed by atoms with Crippen molar-refractivity contribution >= 4 is 21.6 Å². The number of sulfonamides is 1. The van der Waals surface area contributed by atoms with E-state index >= 15 is 0 Å². The summed E-state index contributed by atoms with van der Waals surface area (Å²) in [6, 6.07) is 21.0. The van der Waals surface area contributed by atoms with Crippen LogP contribution in [0.4, 0.5) is 5.69 Å². The fraction of sp³-hybridized carbons (Fsp3) is 0.357. The van der Waals surface area contributed by atoms with E-state index in [0.717, 1.165) is 25.7 Å². The van der Waals surface area contributed by atoms with Crippen molar-refractivity contribution in [1.82, 2.24) is 9.88 Å². The van der Waals surface area contributed by atoms with Crippen molar-refractivity contribution in [2.24, 2.45) is 11.7 Å². The maximum absolute atomic E-state index is 13.6. The van der Waals surface area contributed by atoms with Crippen molar-refractivity contribution in [3.05, 3.63) is 100.0 Å². The molecule has 1 aliphatic carbocycles. The number of pyridine rings is 1. The molecule has 8 nitrogen and oxygen atoms in total. The zero-order valence-corrected chi connectivity index (χ0v) is 21.8. The number of anilines is 1. The minimum Gasteiger partial charge on any atom is -0.354 e. The molecule has 9 heteroatoms. The highest BCUT2D eigenvalue weighted by molar-refractivity contribution is 7.93. The molecular weight excluding hydrogens is 488 g/mol. The van der Waals surface area contributed by atoms with Gasteiger partial charge in [0.05, 0.1) is 0 Å². The summed E-state index contributed by atoms with van der Waals surface area (Å²) in [5.41, 5.74) is 7.01. The van der Waals surface area contributed by atoms with Gasteiger partial charge in [0.15, 0.2) is 0 Å².